The molecule has 3 rings (SSSR count). The van der Waals surface area contributed by atoms with Gasteiger partial charge in [0.2, 0.25) is 15.9 Å². The Hall–Kier alpha value is -3.19. The summed E-state index contributed by atoms with van der Waals surface area (Å²) < 4.78 is 27.7. The third kappa shape index (κ3) is 5.04. The van der Waals surface area contributed by atoms with Gasteiger partial charge in [-0.1, -0.05) is 11.6 Å². The molecule has 8 nitrogen and oxygen atoms in total. The number of nitrogens with one attached hydrogen (secondary N) is 1. The molecular formula is C20H18ClN5O3S. The van der Waals surface area contributed by atoms with E-state index < -0.39 is 15.9 Å². The van der Waals surface area contributed by atoms with E-state index in [1.54, 1.807) is 29.2 Å². The van der Waals surface area contributed by atoms with Crippen LogP contribution in [0.2, 0.25) is 5.02 Å². The number of carbonyl (C=O) groups is 1. The molecule has 0 saturated heterocycles. The van der Waals surface area contributed by atoms with Crippen LogP contribution in [0.25, 0.3) is 5.69 Å². The normalized spacial score (nSPS) is 11.3. The molecule has 0 saturated carbocycles. The molecule has 30 heavy (non-hydrogen) atoms. The molecule has 0 bridgehead atoms. The van der Waals surface area contributed by atoms with Crippen molar-refractivity contribution in [2.45, 2.75) is 11.4 Å². The average molecular weight is 444 g/mol. The fourth-order valence-corrected chi connectivity index (χ4v) is 3.86. The van der Waals surface area contributed by atoms with Gasteiger partial charge in [0.25, 0.3) is 0 Å². The number of carbonyl (C=O) groups excluding carboxylic acids is 1. The van der Waals surface area contributed by atoms with E-state index in [-0.39, 0.29) is 18.0 Å². The molecular weight excluding hydrogens is 426 g/mol. The minimum atomic E-state index is -3.84. The first kappa shape index (κ1) is 21.5. The monoisotopic (exact) mass is 443 g/mol. The lowest BCUT2D eigenvalue weighted by Gasteiger charge is -2.16. The van der Waals surface area contributed by atoms with Crippen LogP contribution in [0.15, 0.2) is 65.8 Å². The molecule has 0 aliphatic carbocycles. The molecule has 1 amide bonds. The Morgan fingerprint density at radius 1 is 1.20 bits per heavy atom. The Balaban J connectivity index is 1.57. The second-order valence-corrected chi connectivity index (χ2v) is 8.92. The van der Waals surface area contributed by atoms with Crippen LogP contribution in [0.1, 0.15) is 11.1 Å². The van der Waals surface area contributed by atoms with Crippen molar-refractivity contribution in [2.75, 3.05) is 13.6 Å². The maximum absolute atomic E-state index is 12.6. The number of hydrogen-bond acceptors (Lipinski definition) is 5. The number of amides is 1. The van der Waals surface area contributed by atoms with E-state index in [9.17, 15) is 13.2 Å². The summed E-state index contributed by atoms with van der Waals surface area (Å²) in [5.74, 6) is -0.450. The van der Waals surface area contributed by atoms with Gasteiger partial charge in [-0.15, -0.1) is 0 Å². The fraction of sp³-hybridized carbons (Fsp3) is 0.150. The number of likely N-dealkylation sites (N-methyl/N-ethyl adjacent to an activating group) is 1. The van der Waals surface area contributed by atoms with Crippen LogP contribution in [0.4, 0.5) is 0 Å². The highest BCUT2D eigenvalue weighted by molar-refractivity contribution is 7.89. The number of halogens is 1. The van der Waals surface area contributed by atoms with Crippen molar-refractivity contribution in [1.29, 1.82) is 5.26 Å². The summed E-state index contributed by atoms with van der Waals surface area (Å²) in [7, 11) is -2.52. The van der Waals surface area contributed by atoms with Crippen molar-refractivity contribution in [2.24, 2.45) is 0 Å². The second kappa shape index (κ2) is 9.09. The van der Waals surface area contributed by atoms with E-state index in [0.717, 1.165) is 15.6 Å². The molecule has 0 fully saturated rings. The number of nitriles is 1. The zero-order chi connectivity index (χ0) is 21.7. The molecule has 0 unspecified atom stereocenters. The molecule has 1 aromatic heterocycles. The Bertz CT molecular complexity index is 1180. The minimum Gasteiger partial charge on any atom is -0.351 e. The number of rotatable bonds is 7. The molecule has 2 aromatic carbocycles. The maximum Gasteiger partial charge on any atom is 0.243 e. The third-order valence-corrected chi connectivity index (χ3v) is 6.34. The first-order chi connectivity index (χ1) is 14.3. The zero-order valence-corrected chi connectivity index (χ0v) is 17.6. The van der Waals surface area contributed by atoms with Crippen LogP contribution in [0, 0.1) is 11.3 Å². The van der Waals surface area contributed by atoms with Crippen molar-refractivity contribution in [3.8, 4) is 11.8 Å². The van der Waals surface area contributed by atoms with Crippen molar-refractivity contribution < 1.29 is 13.2 Å². The van der Waals surface area contributed by atoms with Gasteiger partial charge < -0.3 is 5.32 Å². The van der Waals surface area contributed by atoms with Gasteiger partial charge in [-0.05, 0) is 48.5 Å². The van der Waals surface area contributed by atoms with Crippen LogP contribution in [-0.2, 0) is 21.4 Å². The predicted molar refractivity (Wildman–Crippen MR) is 111 cm³/mol. The van der Waals surface area contributed by atoms with Crippen LogP contribution < -0.4 is 5.32 Å². The molecule has 0 radical (unpaired) electrons. The maximum atomic E-state index is 12.6. The number of hydrogen-bond donors (Lipinski definition) is 1. The van der Waals surface area contributed by atoms with Gasteiger partial charge in [-0.3, -0.25) is 4.79 Å². The first-order valence-corrected chi connectivity index (χ1v) is 10.6. The SMILES string of the molecule is CN(CC(=O)NCc1cnn(-c2ccc(Cl)cc2)c1)S(=O)(=O)c1ccc(C#N)cc1. The minimum absolute atomic E-state index is 0.0149. The Kier molecular flexibility index (Phi) is 6.52. The van der Waals surface area contributed by atoms with Crippen molar-refractivity contribution in [3.05, 3.63) is 77.1 Å². The van der Waals surface area contributed by atoms with Gasteiger partial charge in [-0.2, -0.15) is 14.7 Å². The smallest absolute Gasteiger partial charge is 0.243 e. The van der Waals surface area contributed by atoms with Gasteiger partial charge in [-0.25, -0.2) is 13.1 Å². The fourth-order valence-electron chi connectivity index (χ4n) is 2.61. The van der Waals surface area contributed by atoms with Gasteiger partial charge in [0, 0.05) is 30.4 Å². The molecule has 3 aromatic rings. The van der Waals surface area contributed by atoms with Crippen molar-refractivity contribution >= 4 is 27.5 Å². The highest BCUT2D eigenvalue weighted by atomic mass is 35.5. The second-order valence-electron chi connectivity index (χ2n) is 6.44. The topological polar surface area (TPSA) is 108 Å². The molecule has 10 heteroatoms. The largest absolute Gasteiger partial charge is 0.351 e. The van der Waals surface area contributed by atoms with E-state index in [1.807, 2.05) is 18.2 Å². The summed E-state index contributed by atoms with van der Waals surface area (Å²) in [5.41, 5.74) is 1.94. The van der Waals surface area contributed by atoms with Gasteiger partial charge >= 0.3 is 0 Å². The van der Waals surface area contributed by atoms with E-state index in [1.165, 1.54) is 31.3 Å². The molecule has 1 N–H and O–H groups in total. The van der Waals surface area contributed by atoms with Crippen LogP contribution in [-0.4, -0.2) is 42.0 Å². The van der Waals surface area contributed by atoms with E-state index in [4.69, 9.17) is 16.9 Å². The highest BCUT2D eigenvalue weighted by Crippen LogP contribution is 2.15. The standard InChI is InChI=1S/C20H18ClN5O3S/c1-25(30(28,29)19-8-2-15(10-22)3-9-19)14-20(27)23-11-16-12-24-26(13-16)18-6-4-17(21)5-7-18/h2-9,12-13H,11,14H2,1H3,(H,23,27). The van der Waals surface area contributed by atoms with Gasteiger partial charge in [0.1, 0.15) is 0 Å². The number of sulfonamides is 1. The number of benzene rings is 2. The molecule has 0 aliphatic heterocycles. The number of nitrogens with zero attached hydrogens (tertiary/aromatic N) is 4. The van der Waals surface area contributed by atoms with E-state index >= 15 is 0 Å². The molecule has 1 heterocycles. The Morgan fingerprint density at radius 2 is 1.87 bits per heavy atom. The lowest BCUT2D eigenvalue weighted by atomic mass is 10.2. The molecule has 154 valence electrons. The van der Waals surface area contributed by atoms with Crippen molar-refractivity contribution in [3.63, 3.8) is 0 Å². The molecule has 0 atom stereocenters. The third-order valence-electron chi connectivity index (χ3n) is 4.27. The molecule has 0 aliphatic rings. The first-order valence-electron chi connectivity index (χ1n) is 8.82. The summed E-state index contributed by atoms with van der Waals surface area (Å²) in [6, 6.07) is 14.6. The Morgan fingerprint density at radius 3 is 2.50 bits per heavy atom. The van der Waals surface area contributed by atoms with Gasteiger partial charge in [0.05, 0.1) is 35.0 Å². The highest BCUT2D eigenvalue weighted by Gasteiger charge is 2.22. The lowest BCUT2D eigenvalue weighted by Crippen LogP contribution is -2.38. The summed E-state index contributed by atoms with van der Waals surface area (Å²) in [5, 5.41) is 16.4. The summed E-state index contributed by atoms with van der Waals surface area (Å²) >= 11 is 5.88. The Labute approximate surface area is 179 Å². The average Bonchev–Trinajstić information content (AvgIpc) is 3.22. The lowest BCUT2D eigenvalue weighted by molar-refractivity contribution is -0.121. The predicted octanol–water partition coefficient (Wildman–Crippen LogP) is 2.33. The van der Waals surface area contributed by atoms with Gasteiger partial charge in [0.15, 0.2) is 0 Å². The molecule has 0 spiro atoms. The summed E-state index contributed by atoms with van der Waals surface area (Å²) in [6.07, 6.45) is 3.38. The number of aromatic nitrogens is 2. The van der Waals surface area contributed by atoms with E-state index in [0.29, 0.717) is 10.6 Å². The van der Waals surface area contributed by atoms with Crippen LogP contribution in [0.3, 0.4) is 0 Å². The van der Waals surface area contributed by atoms with Crippen LogP contribution >= 0.6 is 11.6 Å². The zero-order valence-electron chi connectivity index (χ0n) is 16.0. The summed E-state index contributed by atoms with van der Waals surface area (Å²) in [4.78, 5) is 12.2. The van der Waals surface area contributed by atoms with Crippen molar-refractivity contribution in [1.82, 2.24) is 19.4 Å². The van der Waals surface area contributed by atoms with E-state index in [2.05, 4.69) is 10.4 Å². The van der Waals surface area contributed by atoms with Crippen LogP contribution in [0.5, 0.6) is 0 Å². The summed E-state index contributed by atoms with van der Waals surface area (Å²) in [6.45, 7) is -0.134. The quantitative estimate of drug-likeness (QED) is 0.602.